The van der Waals surface area contributed by atoms with Gasteiger partial charge in [0.15, 0.2) is 0 Å². The molecule has 0 spiro atoms. The first-order valence-electron chi connectivity index (χ1n) is 6.37. The van der Waals surface area contributed by atoms with Crippen LogP contribution in [0, 0.1) is 32.1 Å². The van der Waals surface area contributed by atoms with E-state index in [1.807, 2.05) is 0 Å². The molecule has 1 rings (SSSR count). The Labute approximate surface area is 118 Å². The number of aliphatic hydroxyl groups excluding tert-OH is 1. The second-order valence-corrected chi connectivity index (χ2v) is 4.81. The zero-order chi connectivity index (χ0) is 15.4. The molecule has 0 radical (unpaired) electrons. The fraction of sp³-hybridized carbons (Fsp3) is 0.467. The first kappa shape index (κ1) is 16.0. The molecule has 0 aliphatic carbocycles. The van der Waals surface area contributed by atoms with Gasteiger partial charge in [0.25, 0.3) is 0 Å². The number of carbonyl (C=O) groups is 1. The van der Waals surface area contributed by atoms with E-state index in [-0.39, 0.29) is 12.2 Å². The number of esters is 1. The maximum absolute atomic E-state index is 11.2. The van der Waals surface area contributed by atoms with Crippen molar-refractivity contribution in [3.8, 4) is 17.6 Å². The van der Waals surface area contributed by atoms with Gasteiger partial charge in [-0.3, -0.25) is 4.79 Å². The van der Waals surface area contributed by atoms with E-state index in [0.717, 1.165) is 0 Å². The molecule has 2 N–H and O–H groups in total. The summed E-state index contributed by atoms with van der Waals surface area (Å²) in [6.07, 6.45) is -0.526. The minimum atomic E-state index is -1.08. The summed E-state index contributed by atoms with van der Waals surface area (Å²) in [5.74, 6) is 0.139. The van der Waals surface area contributed by atoms with Gasteiger partial charge < -0.3 is 14.9 Å². The zero-order valence-electron chi connectivity index (χ0n) is 12.1. The van der Waals surface area contributed by atoms with E-state index in [9.17, 15) is 15.0 Å². The molecule has 5 nitrogen and oxygen atoms in total. The van der Waals surface area contributed by atoms with Crippen LogP contribution in [0.5, 0.6) is 11.5 Å². The van der Waals surface area contributed by atoms with Crippen LogP contribution in [-0.2, 0) is 11.2 Å². The van der Waals surface area contributed by atoms with Gasteiger partial charge in [0.05, 0.1) is 6.07 Å². The summed E-state index contributed by atoms with van der Waals surface area (Å²) in [6.45, 7) is 6.58. The molecular weight excluding hydrogens is 258 g/mol. The first-order chi connectivity index (χ1) is 9.29. The van der Waals surface area contributed by atoms with Gasteiger partial charge in [0.2, 0.25) is 0 Å². The number of hydrogen-bond donors (Lipinski definition) is 2. The largest absolute Gasteiger partial charge is 0.507 e. The minimum absolute atomic E-state index is 0.126. The van der Waals surface area contributed by atoms with E-state index in [1.54, 1.807) is 26.8 Å². The van der Waals surface area contributed by atoms with Gasteiger partial charge >= 0.3 is 5.97 Å². The van der Waals surface area contributed by atoms with Crippen LogP contribution in [0.15, 0.2) is 0 Å². The topological polar surface area (TPSA) is 90.6 Å². The van der Waals surface area contributed by atoms with Crippen LogP contribution < -0.4 is 4.74 Å². The molecular formula is C15H19NO4. The summed E-state index contributed by atoms with van der Waals surface area (Å²) in [4.78, 5) is 11.2. The summed E-state index contributed by atoms with van der Waals surface area (Å²) in [7, 11) is 0. The van der Waals surface area contributed by atoms with Crippen LogP contribution in [-0.4, -0.2) is 22.3 Å². The molecule has 5 heteroatoms. The number of benzene rings is 1. The Kier molecular flexibility index (Phi) is 5.12. The summed E-state index contributed by atoms with van der Waals surface area (Å²) < 4.78 is 5.21. The molecule has 1 aromatic carbocycles. The van der Waals surface area contributed by atoms with Gasteiger partial charge in [-0.25, -0.2) is 0 Å². The molecule has 0 aliphatic rings. The van der Waals surface area contributed by atoms with E-state index in [2.05, 4.69) is 0 Å². The first-order valence-corrected chi connectivity index (χ1v) is 6.37. The number of phenolic OH excluding ortho intramolecular Hbond substituents is 1. The number of carbonyl (C=O) groups excluding carboxylic acids is 1. The summed E-state index contributed by atoms with van der Waals surface area (Å²) in [5.41, 5.74) is 2.60. The van der Waals surface area contributed by atoms with Crippen molar-refractivity contribution in [3.63, 3.8) is 0 Å². The van der Waals surface area contributed by atoms with Crippen molar-refractivity contribution < 1.29 is 19.7 Å². The Hall–Kier alpha value is -2.06. The highest BCUT2D eigenvalue weighted by Gasteiger charge is 2.19. The van der Waals surface area contributed by atoms with Gasteiger partial charge in [-0.2, -0.15) is 5.26 Å². The van der Waals surface area contributed by atoms with Crippen molar-refractivity contribution in [2.24, 2.45) is 0 Å². The number of aliphatic hydroxyl groups is 1. The number of rotatable bonds is 4. The third-order valence-electron chi connectivity index (χ3n) is 3.40. The average Bonchev–Trinajstić information content (AvgIpc) is 2.40. The third kappa shape index (κ3) is 3.28. The lowest BCUT2D eigenvalue weighted by Crippen LogP contribution is -2.09. The highest BCUT2D eigenvalue weighted by molar-refractivity contribution is 5.72. The molecule has 0 amide bonds. The standard InChI is InChI=1S/C15H19NO4/c1-8-9(2)15(20-11(4)17)10(3)13(14(8)19)6-5-12(18)7-16/h12,18-19H,5-6H2,1-4H3. The Morgan fingerprint density at radius 2 is 1.90 bits per heavy atom. The fourth-order valence-electron chi connectivity index (χ4n) is 2.12. The van der Waals surface area contributed by atoms with Gasteiger partial charge in [-0.15, -0.1) is 0 Å². The molecule has 0 aromatic heterocycles. The van der Waals surface area contributed by atoms with Gasteiger partial charge in [-0.05, 0) is 50.3 Å². The number of nitrogens with zero attached hydrogens (tertiary/aromatic N) is 1. The minimum Gasteiger partial charge on any atom is -0.507 e. The van der Waals surface area contributed by atoms with Crippen molar-refractivity contribution in [2.75, 3.05) is 0 Å². The fourth-order valence-corrected chi connectivity index (χ4v) is 2.12. The molecule has 0 fully saturated rings. The predicted octanol–water partition coefficient (Wildman–Crippen LogP) is 2.06. The van der Waals surface area contributed by atoms with Crippen LogP contribution in [0.1, 0.15) is 35.6 Å². The molecule has 20 heavy (non-hydrogen) atoms. The maximum atomic E-state index is 11.2. The lowest BCUT2D eigenvalue weighted by molar-refractivity contribution is -0.131. The molecule has 1 aromatic rings. The average molecular weight is 277 g/mol. The number of hydrogen-bond acceptors (Lipinski definition) is 5. The Morgan fingerprint density at radius 3 is 2.40 bits per heavy atom. The van der Waals surface area contributed by atoms with E-state index in [4.69, 9.17) is 10.00 Å². The molecule has 1 unspecified atom stereocenters. The van der Waals surface area contributed by atoms with Crippen molar-refractivity contribution in [1.29, 1.82) is 5.26 Å². The van der Waals surface area contributed by atoms with Crippen LogP contribution in [0.25, 0.3) is 0 Å². The summed E-state index contributed by atoms with van der Waals surface area (Å²) in [5, 5.41) is 28.1. The number of phenols is 1. The van der Waals surface area contributed by atoms with Crippen molar-refractivity contribution in [2.45, 2.75) is 46.6 Å². The lowest BCUT2D eigenvalue weighted by atomic mass is 9.94. The second kappa shape index (κ2) is 6.40. The molecule has 1 atom stereocenters. The van der Waals surface area contributed by atoms with Gasteiger partial charge in [-0.1, -0.05) is 0 Å². The molecule has 0 saturated carbocycles. The van der Waals surface area contributed by atoms with Crippen LogP contribution >= 0.6 is 0 Å². The normalized spacial score (nSPS) is 11.8. The van der Waals surface area contributed by atoms with Crippen LogP contribution in [0.4, 0.5) is 0 Å². The highest BCUT2D eigenvalue weighted by Crippen LogP contribution is 2.37. The lowest BCUT2D eigenvalue weighted by Gasteiger charge is -2.18. The highest BCUT2D eigenvalue weighted by atomic mass is 16.5. The number of aromatic hydroxyl groups is 1. The third-order valence-corrected chi connectivity index (χ3v) is 3.40. The van der Waals surface area contributed by atoms with E-state index in [0.29, 0.717) is 34.4 Å². The van der Waals surface area contributed by atoms with E-state index >= 15 is 0 Å². The van der Waals surface area contributed by atoms with Gasteiger partial charge in [0.1, 0.15) is 17.6 Å². The van der Waals surface area contributed by atoms with Crippen molar-refractivity contribution in [1.82, 2.24) is 0 Å². The zero-order valence-corrected chi connectivity index (χ0v) is 12.1. The molecule has 0 heterocycles. The smallest absolute Gasteiger partial charge is 0.308 e. The monoisotopic (exact) mass is 277 g/mol. The van der Waals surface area contributed by atoms with E-state index in [1.165, 1.54) is 6.92 Å². The molecule has 0 saturated heterocycles. The van der Waals surface area contributed by atoms with Gasteiger partial charge in [0, 0.05) is 12.5 Å². The molecule has 0 bridgehead atoms. The number of ether oxygens (including phenoxy) is 1. The van der Waals surface area contributed by atoms with Crippen molar-refractivity contribution in [3.05, 3.63) is 22.3 Å². The number of nitriles is 1. The molecule has 108 valence electrons. The summed E-state index contributed by atoms with van der Waals surface area (Å²) in [6, 6.07) is 1.74. The van der Waals surface area contributed by atoms with Crippen molar-refractivity contribution >= 4 is 5.97 Å². The predicted molar refractivity (Wildman–Crippen MR) is 73.6 cm³/mol. The maximum Gasteiger partial charge on any atom is 0.308 e. The van der Waals surface area contributed by atoms with Crippen LogP contribution in [0.3, 0.4) is 0 Å². The van der Waals surface area contributed by atoms with Crippen LogP contribution in [0.2, 0.25) is 0 Å². The Balaban J connectivity index is 3.26. The second-order valence-electron chi connectivity index (χ2n) is 4.81. The quantitative estimate of drug-likeness (QED) is 0.499. The Morgan fingerprint density at radius 1 is 1.30 bits per heavy atom. The van der Waals surface area contributed by atoms with E-state index < -0.39 is 12.1 Å². The molecule has 0 aliphatic heterocycles. The SMILES string of the molecule is CC(=O)Oc1c(C)c(C)c(O)c(CCC(O)C#N)c1C. The summed E-state index contributed by atoms with van der Waals surface area (Å²) >= 11 is 0. The Bertz CT molecular complexity index is 572.